The van der Waals surface area contributed by atoms with E-state index >= 15 is 0 Å². The third-order valence-electron chi connectivity index (χ3n) is 2.70. The van der Waals surface area contributed by atoms with E-state index in [0.717, 1.165) is 11.1 Å². The van der Waals surface area contributed by atoms with Crippen molar-refractivity contribution in [1.82, 2.24) is 10.2 Å². The van der Waals surface area contributed by atoms with Crippen LogP contribution < -0.4 is 5.32 Å². The fourth-order valence-corrected chi connectivity index (χ4v) is 1.67. The fraction of sp³-hybridized carbons (Fsp3) is 0.200. The van der Waals surface area contributed by atoms with Crippen molar-refractivity contribution in [2.45, 2.75) is 13.3 Å². The zero-order valence-electron chi connectivity index (χ0n) is 11.1. The number of nitrogens with zero attached hydrogens (tertiary/aromatic N) is 1. The third-order valence-corrected chi connectivity index (χ3v) is 2.70. The molecule has 2 rings (SSSR count). The lowest BCUT2D eigenvalue weighted by Crippen LogP contribution is -2.11. The van der Waals surface area contributed by atoms with Crippen LogP contribution in [0.5, 0.6) is 0 Å². The van der Waals surface area contributed by atoms with Crippen LogP contribution in [0, 0.1) is 18.8 Å². The lowest BCUT2D eigenvalue weighted by Gasteiger charge is -2.06. The number of aromatic amines is 1. The van der Waals surface area contributed by atoms with E-state index in [1.54, 1.807) is 6.07 Å². The first-order valence-corrected chi connectivity index (χ1v) is 6.21. The van der Waals surface area contributed by atoms with Gasteiger partial charge in [-0.2, -0.15) is 5.10 Å². The van der Waals surface area contributed by atoms with Gasteiger partial charge in [0.15, 0.2) is 0 Å². The quantitative estimate of drug-likeness (QED) is 0.742. The number of nitrogens with one attached hydrogen (secondary N) is 2. The van der Waals surface area contributed by atoms with Gasteiger partial charge < -0.3 is 10.4 Å². The molecule has 2 aromatic rings. The first-order valence-electron chi connectivity index (χ1n) is 6.21. The number of aryl methyl sites for hydroxylation is 1. The summed E-state index contributed by atoms with van der Waals surface area (Å²) < 4.78 is 0. The number of rotatable bonds is 3. The summed E-state index contributed by atoms with van der Waals surface area (Å²) in [4.78, 5) is 11.9. The lowest BCUT2D eigenvalue weighted by molar-refractivity contribution is 0.102. The maximum Gasteiger partial charge on any atom is 0.258 e. The van der Waals surface area contributed by atoms with Gasteiger partial charge in [0, 0.05) is 23.9 Å². The van der Waals surface area contributed by atoms with E-state index < -0.39 is 0 Å². The van der Waals surface area contributed by atoms with Crippen LogP contribution in [0.4, 0.5) is 5.69 Å². The Balaban J connectivity index is 2.10. The van der Waals surface area contributed by atoms with Crippen LogP contribution in [-0.4, -0.2) is 27.8 Å². The monoisotopic (exact) mass is 269 g/mol. The molecule has 1 heterocycles. The van der Waals surface area contributed by atoms with Crippen molar-refractivity contribution in [2.24, 2.45) is 0 Å². The molecule has 0 atom stereocenters. The van der Waals surface area contributed by atoms with Gasteiger partial charge in [0.05, 0.1) is 18.4 Å². The molecule has 0 radical (unpaired) electrons. The second-order valence-corrected chi connectivity index (χ2v) is 4.25. The smallest absolute Gasteiger partial charge is 0.258 e. The van der Waals surface area contributed by atoms with Crippen molar-refractivity contribution in [1.29, 1.82) is 0 Å². The highest BCUT2D eigenvalue weighted by molar-refractivity contribution is 6.03. The molecule has 0 saturated heterocycles. The number of aliphatic hydroxyl groups excluding tert-OH is 1. The van der Waals surface area contributed by atoms with E-state index in [4.69, 9.17) is 5.11 Å². The SMILES string of the molecule is Cc1cc(NC(=O)c2cn[nH]c2)ccc1C#CCCO. The number of hydrogen-bond acceptors (Lipinski definition) is 3. The molecule has 20 heavy (non-hydrogen) atoms. The number of hydrogen-bond donors (Lipinski definition) is 3. The highest BCUT2D eigenvalue weighted by atomic mass is 16.2. The minimum absolute atomic E-state index is 0.0604. The van der Waals surface area contributed by atoms with E-state index in [-0.39, 0.29) is 12.5 Å². The minimum Gasteiger partial charge on any atom is -0.395 e. The zero-order chi connectivity index (χ0) is 14.4. The van der Waals surface area contributed by atoms with Gasteiger partial charge >= 0.3 is 0 Å². The van der Waals surface area contributed by atoms with Crippen molar-refractivity contribution in [3.63, 3.8) is 0 Å². The molecule has 0 bridgehead atoms. The van der Waals surface area contributed by atoms with Gasteiger partial charge in [-0.15, -0.1) is 0 Å². The first-order chi connectivity index (χ1) is 9.70. The molecule has 0 unspecified atom stereocenters. The van der Waals surface area contributed by atoms with E-state index in [1.165, 1.54) is 12.4 Å². The minimum atomic E-state index is -0.211. The number of amides is 1. The van der Waals surface area contributed by atoms with Gasteiger partial charge in [-0.1, -0.05) is 11.8 Å². The maximum atomic E-state index is 11.9. The molecule has 0 aliphatic carbocycles. The Morgan fingerprint density at radius 1 is 1.50 bits per heavy atom. The highest BCUT2D eigenvalue weighted by Crippen LogP contribution is 2.15. The molecule has 3 N–H and O–H groups in total. The molecular formula is C15H15N3O2. The van der Waals surface area contributed by atoms with Gasteiger partial charge in [0.25, 0.3) is 5.91 Å². The molecule has 0 fully saturated rings. The van der Waals surface area contributed by atoms with Crippen molar-refractivity contribution < 1.29 is 9.90 Å². The predicted molar refractivity (Wildman–Crippen MR) is 76.3 cm³/mol. The maximum absolute atomic E-state index is 11.9. The summed E-state index contributed by atoms with van der Waals surface area (Å²) in [7, 11) is 0. The van der Waals surface area contributed by atoms with Gasteiger partial charge in [-0.05, 0) is 30.7 Å². The zero-order valence-corrected chi connectivity index (χ0v) is 11.1. The molecule has 5 heteroatoms. The first kappa shape index (κ1) is 13.8. The van der Waals surface area contributed by atoms with Crippen molar-refractivity contribution in [2.75, 3.05) is 11.9 Å². The highest BCUT2D eigenvalue weighted by Gasteiger charge is 2.07. The van der Waals surface area contributed by atoms with Crippen LogP contribution in [0.3, 0.4) is 0 Å². The third kappa shape index (κ3) is 3.46. The Labute approximate surface area is 117 Å². The Morgan fingerprint density at radius 3 is 3.00 bits per heavy atom. The van der Waals surface area contributed by atoms with E-state index in [9.17, 15) is 4.79 Å². The Bertz CT molecular complexity index is 651. The summed E-state index contributed by atoms with van der Waals surface area (Å²) in [5, 5.41) is 17.8. The molecule has 0 aliphatic rings. The number of carbonyl (C=O) groups is 1. The summed E-state index contributed by atoms with van der Waals surface area (Å²) in [5.41, 5.74) is 3.05. The van der Waals surface area contributed by atoms with Crippen LogP contribution >= 0.6 is 0 Å². The lowest BCUT2D eigenvalue weighted by atomic mass is 10.1. The van der Waals surface area contributed by atoms with E-state index in [1.807, 2.05) is 19.1 Å². The number of benzene rings is 1. The van der Waals surface area contributed by atoms with Crippen molar-refractivity contribution in [3.05, 3.63) is 47.3 Å². The number of H-pyrrole nitrogens is 1. The van der Waals surface area contributed by atoms with E-state index in [2.05, 4.69) is 27.4 Å². The average molecular weight is 269 g/mol. The largest absolute Gasteiger partial charge is 0.395 e. The van der Waals surface area contributed by atoms with Crippen molar-refractivity contribution in [3.8, 4) is 11.8 Å². The Morgan fingerprint density at radius 2 is 2.35 bits per heavy atom. The van der Waals surface area contributed by atoms with Gasteiger partial charge in [0.2, 0.25) is 0 Å². The number of carbonyl (C=O) groups excluding carboxylic acids is 1. The molecule has 1 amide bonds. The van der Waals surface area contributed by atoms with E-state index in [0.29, 0.717) is 17.7 Å². The number of aromatic nitrogens is 2. The average Bonchev–Trinajstić information content (AvgIpc) is 2.95. The van der Waals surface area contributed by atoms with Crippen LogP contribution in [0.25, 0.3) is 0 Å². The molecule has 0 saturated carbocycles. The van der Waals surface area contributed by atoms with Crippen LogP contribution in [0.2, 0.25) is 0 Å². The van der Waals surface area contributed by atoms with Gasteiger partial charge in [0.1, 0.15) is 0 Å². The van der Waals surface area contributed by atoms with Crippen LogP contribution in [0.15, 0.2) is 30.6 Å². The molecule has 1 aromatic heterocycles. The summed E-state index contributed by atoms with van der Waals surface area (Å²) in [6.07, 6.45) is 3.46. The van der Waals surface area contributed by atoms with Crippen LogP contribution in [-0.2, 0) is 0 Å². The molecule has 0 spiro atoms. The molecule has 1 aromatic carbocycles. The molecular weight excluding hydrogens is 254 g/mol. The summed E-state index contributed by atoms with van der Waals surface area (Å²) >= 11 is 0. The summed E-state index contributed by atoms with van der Waals surface area (Å²) in [6, 6.07) is 5.51. The standard InChI is InChI=1S/C15H15N3O2/c1-11-8-14(6-5-12(11)4-2-3-7-19)18-15(20)13-9-16-17-10-13/h5-6,8-10,19H,3,7H2,1H3,(H,16,17)(H,18,20). The molecule has 102 valence electrons. The summed E-state index contributed by atoms with van der Waals surface area (Å²) in [5.74, 6) is 5.65. The number of anilines is 1. The van der Waals surface area contributed by atoms with Gasteiger partial charge in [-0.25, -0.2) is 0 Å². The predicted octanol–water partition coefficient (Wildman–Crippen LogP) is 1.70. The summed E-state index contributed by atoms with van der Waals surface area (Å²) in [6.45, 7) is 1.99. The molecule has 5 nitrogen and oxygen atoms in total. The second-order valence-electron chi connectivity index (χ2n) is 4.25. The van der Waals surface area contributed by atoms with Crippen molar-refractivity contribution >= 4 is 11.6 Å². The molecule has 0 aliphatic heterocycles. The second kappa shape index (κ2) is 6.55. The normalized spacial score (nSPS) is 9.70. The Hall–Kier alpha value is -2.58. The van der Waals surface area contributed by atoms with Gasteiger partial charge in [-0.3, -0.25) is 9.89 Å². The van der Waals surface area contributed by atoms with Crippen LogP contribution in [0.1, 0.15) is 27.9 Å². The number of aliphatic hydroxyl groups is 1. The fourth-order valence-electron chi connectivity index (χ4n) is 1.67. The topological polar surface area (TPSA) is 78.0 Å². The Kier molecular flexibility index (Phi) is 4.53.